The molecule has 1 fully saturated rings. The van der Waals surface area contributed by atoms with Crippen molar-refractivity contribution in [2.45, 2.75) is 13.1 Å². The number of anilines is 1. The van der Waals surface area contributed by atoms with E-state index in [0.29, 0.717) is 6.54 Å². The van der Waals surface area contributed by atoms with Crippen molar-refractivity contribution < 1.29 is 4.79 Å². The molecule has 3 aromatic rings. The van der Waals surface area contributed by atoms with Crippen molar-refractivity contribution in [3.05, 3.63) is 102 Å². The third-order valence-corrected chi connectivity index (χ3v) is 5.61. The SMILES string of the molecule is O=C(CN(Cc1ccccc1)Cc1ccccc1)N1CCN(c2ccccc2)CC1. The van der Waals surface area contributed by atoms with Crippen molar-refractivity contribution in [2.24, 2.45) is 0 Å². The third-order valence-electron chi connectivity index (χ3n) is 5.61. The standard InChI is InChI=1S/C26H29N3O/c30-26(29-18-16-28(17-19-29)25-14-8-3-9-15-25)22-27(20-23-10-4-1-5-11-23)21-24-12-6-2-7-13-24/h1-15H,16-22H2. The first kappa shape index (κ1) is 20.2. The molecule has 0 radical (unpaired) electrons. The van der Waals surface area contributed by atoms with E-state index in [-0.39, 0.29) is 5.91 Å². The quantitative estimate of drug-likeness (QED) is 0.600. The summed E-state index contributed by atoms with van der Waals surface area (Å²) in [7, 11) is 0. The highest BCUT2D eigenvalue weighted by Gasteiger charge is 2.23. The molecular weight excluding hydrogens is 370 g/mol. The number of benzene rings is 3. The number of carbonyl (C=O) groups excluding carboxylic acids is 1. The smallest absolute Gasteiger partial charge is 0.236 e. The van der Waals surface area contributed by atoms with Crippen LogP contribution in [0.1, 0.15) is 11.1 Å². The van der Waals surface area contributed by atoms with Crippen LogP contribution in [0.5, 0.6) is 0 Å². The molecular formula is C26H29N3O. The Kier molecular flexibility index (Phi) is 6.78. The number of carbonyl (C=O) groups is 1. The first-order valence-corrected chi connectivity index (χ1v) is 10.7. The van der Waals surface area contributed by atoms with E-state index < -0.39 is 0 Å². The van der Waals surface area contributed by atoms with Gasteiger partial charge in [-0.05, 0) is 23.3 Å². The fourth-order valence-corrected chi connectivity index (χ4v) is 4.00. The Labute approximate surface area is 179 Å². The van der Waals surface area contributed by atoms with Gasteiger partial charge in [0.2, 0.25) is 5.91 Å². The molecule has 1 saturated heterocycles. The molecule has 0 aliphatic carbocycles. The van der Waals surface area contributed by atoms with Crippen LogP contribution in [0.15, 0.2) is 91.0 Å². The lowest BCUT2D eigenvalue weighted by atomic mass is 10.1. The number of nitrogens with zero attached hydrogens (tertiary/aromatic N) is 3. The van der Waals surface area contributed by atoms with Crippen LogP contribution in [0.3, 0.4) is 0 Å². The monoisotopic (exact) mass is 399 g/mol. The second-order valence-electron chi connectivity index (χ2n) is 7.82. The van der Waals surface area contributed by atoms with Gasteiger partial charge in [0.25, 0.3) is 0 Å². The van der Waals surface area contributed by atoms with Gasteiger partial charge >= 0.3 is 0 Å². The zero-order valence-corrected chi connectivity index (χ0v) is 17.4. The molecule has 0 saturated carbocycles. The molecule has 3 aromatic carbocycles. The first-order chi connectivity index (χ1) is 14.8. The summed E-state index contributed by atoms with van der Waals surface area (Å²) in [5.41, 5.74) is 3.70. The maximum atomic E-state index is 13.1. The minimum absolute atomic E-state index is 0.217. The zero-order valence-electron chi connectivity index (χ0n) is 17.4. The molecule has 0 atom stereocenters. The Bertz CT molecular complexity index is 865. The maximum absolute atomic E-state index is 13.1. The van der Waals surface area contributed by atoms with Crippen molar-refractivity contribution in [3.8, 4) is 0 Å². The van der Waals surface area contributed by atoms with Gasteiger partial charge in [0.15, 0.2) is 0 Å². The summed E-state index contributed by atoms with van der Waals surface area (Å²) in [5.74, 6) is 0.217. The molecule has 1 aliphatic rings. The van der Waals surface area contributed by atoms with E-state index in [1.165, 1.54) is 16.8 Å². The van der Waals surface area contributed by atoms with Gasteiger partial charge in [0.1, 0.15) is 0 Å². The fraction of sp³-hybridized carbons (Fsp3) is 0.269. The molecule has 0 unspecified atom stereocenters. The molecule has 1 aliphatic heterocycles. The van der Waals surface area contributed by atoms with Crippen LogP contribution >= 0.6 is 0 Å². The van der Waals surface area contributed by atoms with Gasteiger partial charge < -0.3 is 9.80 Å². The number of rotatable bonds is 7. The van der Waals surface area contributed by atoms with Gasteiger partial charge in [-0.1, -0.05) is 78.9 Å². The van der Waals surface area contributed by atoms with Gasteiger partial charge in [0.05, 0.1) is 6.54 Å². The molecule has 4 nitrogen and oxygen atoms in total. The van der Waals surface area contributed by atoms with E-state index in [0.717, 1.165) is 39.3 Å². The molecule has 4 rings (SSSR count). The summed E-state index contributed by atoms with van der Waals surface area (Å²) in [6.07, 6.45) is 0. The molecule has 0 bridgehead atoms. The van der Waals surface area contributed by atoms with Crippen LogP contribution < -0.4 is 4.90 Å². The second-order valence-corrected chi connectivity index (χ2v) is 7.82. The Morgan fingerprint density at radius 2 is 1.13 bits per heavy atom. The topological polar surface area (TPSA) is 26.8 Å². The van der Waals surface area contributed by atoms with Crippen molar-refractivity contribution in [2.75, 3.05) is 37.6 Å². The largest absolute Gasteiger partial charge is 0.368 e. The number of para-hydroxylation sites is 1. The van der Waals surface area contributed by atoms with Crippen LogP contribution in [0, 0.1) is 0 Å². The van der Waals surface area contributed by atoms with E-state index in [1.807, 2.05) is 23.1 Å². The predicted octanol–water partition coefficient (Wildman–Crippen LogP) is 4.04. The average molecular weight is 400 g/mol. The van der Waals surface area contributed by atoms with Crippen LogP contribution in [-0.4, -0.2) is 48.4 Å². The van der Waals surface area contributed by atoms with Gasteiger partial charge in [-0.3, -0.25) is 9.69 Å². The van der Waals surface area contributed by atoms with Crippen molar-refractivity contribution in [1.29, 1.82) is 0 Å². The lowest BCUT2D eigenvalue weighted by Gasteiger charge is -2.37. The highest BCUT2D eigenvalue weighted by molar-refractivity contribution is 5.78. The Balaban J connectivity index is 1.37. The van der Waals surface area contributed by atoms with Crippen LogP contribution in [0.4, 0.5) is 5.69 Å². The summed E-state index contributed by atoms with van der Waals surface area (Å²) < 4.78 is 0. The molecule has 0 spiro atoms. The molecule has 154 valence electrons. The van der Waals surface area contributed by atoms with Gasteiger partial charge in [-0.25, -0.2) is 0 Å². The van der Waals surface area contributed by atoms with Gasteiger partial charge in [-0.2, -0.15) is 0 Å². The Hall–Kier alpha value is -3.11. The highest BCUT2D eigenvalue weighted by Crippen LogP contribution is 2.16. The summed E-state index contributed by atoms with van der Waals surface area (Å²) in [6.45, 7) is 5.29. The van der Waals surface area contributed by atoms with Crippen molar-refractivity contribution >= 4 is 11.6 Å². The third kappa shape index (κ3) is 5.49. The van der Waals surface area contributed by atoms with E-state index in [4.69, 9.17) is 0 Å². The van der Waals surface area contributed by atoms with Crippen molar-refractivity contribution in [3.63, 3.8) is 0 Å². The summed E-state index contributed by atoms with van der Waals surface area (Å²) in [5, 5.41) is 0. The number of hydrogen-bond donors (Lipinski definition) is 0. The van der Waals surface area contributed by atoms with E-state index in [9.17, 15) is 4.79 Å². The zero-order chi connectivity index (χ0) is 20.6. The van der Waals surface area contributed by atoms with E-state index in [1.54, 1.807) is 0 Å². The molecule has 30 heavy (non-hydrogen) atoms. The molecule has 0 aromatic heterocycles. The highest BCUT2D eigenvalue weighted by atomic mass is 16.2. The maximum Gasteiger partial charge on any atom is 0.236 e. The number of hydrogen-bond acceptors (Lipinski definition) is 3. The fourth-order valence-electron chi connectivity index (χ4n) is 4.00. The number of piperazine rings is 1. The van der Waals surface area contributed by atoms with E-state index >= 15 is 0 Å². The second kappa shape index (κ2) is 10.1. The molecule has 0 N–H and O–H groups in total. The molecule has 1 amide bonds. The normalized spacial score (nSPS) is 14.2. The van der Waals surface area contributed by atoms with Crippen LogP contribution in [-0.2, 0) is 17.9 Å². The van der Waals surface area contributed by atoms with Crippen LogP contribution in [0.25, 0.3) is 0 Å². The lowest BCUT2D eigenvalue weighted by molar-refractivity contribution is -0.133. The Morgan fingerprint density at radius 3 is 1.63 bits per heavy atom. The average Bonchev–Trinajstić information content (AvgIpc) is 2.81. The minimum Gasteiger partial charge on any atom is -0.368 e. The minimum atomic E-state index is 0.217. The van der Waals surface area contributed by atoms with Gasteiger partial charge in [0, 0.05) is 45.0 Å². The van der Waals surface area contributed by atoms with E-state index in [2.05, 4.69) is 82.6 Å². The summed E-state index contributed by atoms with van der Waals surface area (Å²) in [4.78, 5) is 19.7. The summed E-state index contributed by atoms with van der Waals surface area (Å²) in [6, 6.07) is 31.2. The van der Waals surface area contributed by atoms with Gasteiger partial charge in [-0.15, -0.1) is 0 Å². The van der Waals surface area contributed by atoms with Crippen molar-refractivity contribution in [1.82, 2.24) is 9.80 Å². The Morgan fingerprint density at radius 1 is 0.667 bits per heavy atom. The summed E-state index contributed by atoms with van der Waals surface area (Å²) >= 11 is 0. The first-order valence-electron chi connectivity index (χ1n) is 10.7. The van der Waals surface area contributed by atoms with Crippen LogP contribution in [0.2, 0.25) is 0 Å². The predicted molar refractivity (Wildman–Crippen MR) is 122 cm³/mol. The molecule has 1 heterocycles. The lowest BCUT2D eigenvalue weighted by Crippen LogP contribution is -2.51. The number of amides is 1. The molecule has 4 heteroatoms.